The molecule has 0 saturated heterocycles. The zero-order chi connectivity index (χ0) is 16.0. The van der Waals surface area contributed by atoms with Crippen molar-refractivity contribution >= 4 is 40.6 Å². The number of primary amides is 1. The number of halogens is 1. The van der Waals surface area contributed by atoms with Crippen molar-refractivity contribution in [1.82, 2.24) is 4.90 Å². The highest BCUT2D eigenvalue weighted by molar-refractivity contribution is 7.78. The van der Waals surface area contributed by atoms with E-state index in [1.165, 1.54) is 6.07 Å². The summed E-state index contributed by atoms with van der Waals surface area (Å²) < 4.78 is 0. The number of thiocarbonyl (C=S) groups is 1. The number of hydrogen-bond donors (Lipinski definition) is 2. The van der Waals surface area contributed by atoms with Crippen LogP contribution in [-0.2, 0) is 6.42 Å². The van der Waals surface area contributed by atoms with E-state index < -0.39 is 5.91 Å². The summed E-state index contributed by atoms with van der Waals surface area (Å²) in [4.78, 5) is 17.4. The maximum Gasteiger partial charge on any atom is 0.252 e. The Morgan fingerprint density at radius 2 is 2.14 bits per heavy atom. The smallest absolute Gasteiger partial charge is 0.252 e. The first-order chi connectivity index (χ1) is 9.96. The summed E-state index contributed by atoms with van der Waals surface area (Å²) >= 11 is 10.7. The van der Waals surface area contributed by atoms with Crippen LogP contribution in [0, 0.1) is 0 Å². The molecule has 1 aromatic carbocycles. The van der Waals surface area contributed by atoms with Crippen LogP contribution >= 0.6 is 23.8 Å². The maximum absolute atomic E-state index is 11.4. The molecule has 7 heteroatoms. The fourth-order valence-corrected chi connectivity index (χ4v) is 2.44. The van der Waals surface area contributed by atoms with E-state index in [2.05, 4.69) is 27.3 Å². The van der Waals surface area contributed by atoms with Gasteiger partial charge in [0, 0.05) is 12.1 Å². The summed E-state index contributed by atoms with van der Waals surface area (Å²) in [5, 5.41) is 12.7. The van der Waals surface area contributed by atoms with Crippen LogP contribution in [0.25, 0.3) is 0 Å². The summed E-state index contributed by atoms with van der Waals surface area (Å²) in [5.41, 5.74) is 6.03. The molecule has 3 N–H and O–H groups in total. The van der Waals surface area contributed by atoms with Crippen LogP contribution in [0.3, 0.4) is 0 Å². The molecule has 0 unspecified atom stereocenters. The van der Waals surface area contributed by atoms with E-state index in [-0.39, 0.29) is 16.3 Å². The van der Waals surface area contributed by atoms with E-state index in [9.17, 15) is 9.90 Å². The van der Waals surface area contributed by atoms with Crippen LogP contribution in [0.4, 0.5) is 5.69 Å². The minimum atomic E-state index is -0.739. The number of benzene rings is 1. The van der Waals surface area contributed by atoms with Crippen LogP contribution in [0.5, 0.6) is 5.75 Å². The Balaban J connectivity index is 3.30. The molecule has 1 rings (SSSR count). The van der Waals surface area contributed by atoms with Crippen molar-refractivity contribution in [1.29, 1.82) is 0 Å². The van der Waals surface area contributed by atoms with E-state index in [0.717, 1.165) is 13.1 Å². The minimum absolute atomic E-state index is 0.0159. The van der Waals surface area contributed by atoms with Gasteiger partial charge in [-0.15, -0.1) is 0 Å². The van der Waals surface area contributed by atoms with Crippen LogP contribution in [0.15, 0.2) is 11.1 Å². The number of hydrogen-bond acceptors (Lipinski definition) is 5. The number of amides is 1. The Labute approximate surface area is 134 Å². The zero-order valence-corrected chi connectivity index (χ0v) is 13.6. The first-order valence-electron chi connectivity index (χ1n) is 6.60. The number of nitrogens with zero attached hydrogens (tertiary/aromatic N) is 2. The van der Waals surface area contributed by atoms with Gasteiger partial charge in [-0.1, -0.05) is 25.4 Å². The Morgan fingerprint density at radius 1 is 1.52 bits per heavy atom. The molecule has 0 bridgehead atoms. The third-order valence-electron chi connectivity index (χ3n) is 3.32. The molecule has 0 aliphatic rings. The van der Waals surface area contributed by atoms with Gasteiger partial charge in [0.1, 0.15) is 5.75 Å². The predicted octanol–water partition coefficient (Wildman–Crippen LogP) is 2.76. The standard InChI is InChI=1S/C14H18ClN3O2S/c1-3-18(4-2)6-5-9-12(17-8-21)11(15)7-10(13(9)19)14(16)20/h7,19H,3-6H2,1-2H3,(H2,16,20). The van der Waals surface area contributed by atoms with Gasteiger partial charge in [-0.05, 0) is 37.8 Å². The molecular formula is C14H18ClN3O2S. The molecule has 1 amide bonds. The fourth-order valence-electron chi connectivity index (χ4n) is 2.08. The lowest BCUT2D eigenvalue weighted by atomic mass is 10.0. The minimum Gasteiger partial charge on any atom is -0.507 e. The molecule has 0 aliphatic heterocycles. The first-order valence-corrected chi connectivity index (χ1v) is 7.39. The average molecular weight is 328 g/mol. The van der Waals surface area contributed by atoms with Crippen molar-refractivity contribution in [2.24, 2.45) is 10.7 Å². The molecule has 1 aromatic rings. The summed E-state index contributed by atoms with van der Waals surface area (Å²) in [6.07, 6.45) is 0.476. The first kappa shape index (κ1) is 17.6. The third-order valence-corrected chi connectivity index (χ3v) is 3.70. The number of phenols is 1. The number of isothiocyanates is 1. The van der Waals surface area contributed by atoms with Gasteiger partial charge in [0.15, 0.2) is 0 Å². The van der Waals surface area contributed by atoms with Gasteiger partial charge in [-0.2, -0.15) is 4.99 Å². The fraction of sp³-hybridized carbons (Fsp3) is 0.429. The summed E-state index contributed by atoms with van der Waals surface area (Å²) in [5.74, 6) is -0.931. The zero-order valence-electron chi connectivity index (χ0n) is 12.0. The quantitative estimate of drug-likeness (QED) is 0.596. The normalized spacial score (nSPS) is 10.5. The maximum atomic E-state index is 11.4. The average Bonchev–Trinajstić information content (AvgIpc) is 2.45. The highest BCUT2D eigenvalue weighted by atomic mass is 35.5. The molecule has 0 fully saturated rings. The predicted molar refractivity (Wildman–Crippen MR) is 87.8 cm³/mol. The molecule has 0 aliphatic carbocycles. The summed E-state index contributed by atoms with van der Waals surface area (Å²) in [7, 11) is 0. The number of nitrogens with two attached hydrogens (primary N) is 1. The second kappa shape index (κ2) is 8.10. The third kappa shape index (κ3) is 4.25. The van der Waals surface area contributed by atoms with Crippen LogP contribution in [0.2, 0.25) is 5.02 Å². The lowest BCUT2D eigenvalue weighted by molar-refractivity contribution is 0.0997. The Bertz CT molecular complexity index is 582. The summed E-state index contributed by atoms with van der Waals surface area (Å²) in [6, 6.07) is 1.30. The topological polar surface area (TPSA) is 78.9 Å². The number of likely N-dealkylation sites (N-methyl/N-ethyl adjacent to an activating group) is 1. The highest BCUT2D eigenvalue weighted by Crippen LogP contribution is 2.38. The van der Waals surface area contributed by atoms with E-state index in [4.69, 9.17) is 17.3 Å². The van der Waals surface area contributed by atoms with E-state index in [1.54, 1.807) is 0 Å². The lowest BCUT2D eigenvalue weighted by Crippen LogP contribution is -2.25. The molecule has 0 radical (unpaired) electrons. The summed E-state index contributed by atoms with van der Waals surface area (Å²) in [6.45, 7) is 6.55. The Hall–Kier alpha value is -1.46. The van der Waals surface area contributed by atoms with Crippen molar-refractivity contribution < 1.29 is 9.90 Å². The van der Waals surface area contributed by atoms with Gasteiger partial charge in [0.2, 0.25) is 0 Å². The van der Waals surface area contributed by atoms with Gasteiger partial charge in [0.25, 0.3) is 5.91 Å². The van der Waals surface area contributed by atoms with Gasteiger partial charge in [0.05, 0.1) is 21.4 Å². The molecule has 5 nitrogen and oxygen atoms in total. The lowest BCUT2D eigenvalue weighted by Gasteiger charge is -2.19. The molecule has 0 spiro atoms. The molecule has 0 saturated carbocycles. The van der Waals surface area contributed by atoms with E-state index in [1.807, 2.05) is 13.8 Å². The largest absolute Gasteiger partial charge is 0.507 e. The van der Waals surface area contributed by atoms with Gasteiger partial charge in [-0.25, -0.2) is 0 Å². The second-order valence-corrected chi connectivity index (χ2v) is 5.02. The van der Waals surface area contributed by atoms with Crippen LogP contribution < -0.4 is 5.73 Å². The SMILES string of the molecule is CCN(CC)CCc1c(O)c(C(N)=O)cc(Cl)c1N=C=S. The van der Waals surface area contributed by atoms with Crippen molar-refractivity contribution in [3.05, 3.63) is 22.2 Å². The van der Waals surface area contributed by atoms with Crippen molar-refractivity contribution in [2.45, 2.75) is 20.3 Å². The molecule has 114 valence electrons. The molecule has 0 atom stereocenters. The van der Waals surface area contributed by atoms with Gasteiger partial charge >= 0.3 is 0 Å². The van der Waals surface area contributed by atoms with Gasteiger partial charge < -0.3 is 15.7 Å². The Morgan fingerprint density at radius 3 is 2.62 bits per heavy atom. The van der Waals surface area contributed by atoms with Crippen molar-refractivity contribution in [2.75, 3.05) is 19.6 Å². The number of aliphatic imine (C=N–C) groups is 1. The number of aromatic hydroxyl groups is 1. The Kier molecular flexibility index (Phi) is 6.78. The second-order valence-electron chi connectivity index (χ2n) is 4.43. The molecular weight excluding hydrogens is 310 g/mol. The monoisotopic (exact) mass is 327 g/mol. The van der Waals surface area contributed by atoms with Crippen molar-refractivity contribution in [3.63, 3.8) is 0 Å². The van der Waals surface area contributed by atoms with Crippen LogP contribution in [-0.4, -0.2) is 40.7 Å². The number of carbonyl (C=O) groups is 1. The number of carbonyl (C=O) groups excluding carboxylic acids is 1. The highest BCUT2D eigenvalue weighted by Gasteiger charge is 2.19. The molecule has 21 heavy (non-hydrogen) atoms. The molecule has 0 aromatic heterocycles. The van der Waals surface area contributed by atoms with Crippen LogP contribution in [0.1, 0.15) is 29.8 Å². The van der Waals surface area contributed by atoms with Gasteiger partial charge in [-0.3, -0.25) is 4.79 Å². The molecule has 0 heterocycles. The van der Waals surface area contributed by atoms with E-state index >= 15 is 0 Å². The number of rotatable bonds is 7. The van der Waals surface area contributed by atoms with E-state index in [0.29, 0.717) is 24.2 Å². The van der Waals surface area contributed by atoms with Crippen molar-refractivity contribution in [3.8, 4) is 5.75 Å².